The van der Waals surface area contributed by atoms with Crippen molar-refractivity contribution in [3.63, 3.8) is 0 Å². The summed E-state index contributed by atoms with van der Waals surface area (Å²) in [5.74, 6) is 0.877. The van der Waals surface area contributed by atoms with E-state index >= 15 is 0 Å². The number of hydrogen-bond donors (Lipinski definition) is 2. The van der Waals surface area contributed by atoms with Crippen LogP contribution in [-0.4, -0.2) is 19.0 Å². The Balaban J connectivity index is 1.49. The molecule has 3 heteroatoms. The molecule has 20 heavy (non-hydrogen) atoms. The highest BCUT2D eigenvalue weighted by Crippen LogP contribution is 2.27. The van der Waals surface area contributed by atoms with Gasteiger partial charge in [0, 0.05) is 6.54 Å². The first-order chi connectivity index (χ1) is 9.81. The van der Waals surface area contributed by atoms with Gasteiger partial charge >= 0.3 is 0 Å². The smallest absolute Gasteiger partial charge is 0.234 e. The second kappa shape index (κ2) is 6.06. The number of carbonyl (C=O) groups is 1. The molecule has 0 unspecified atom stereocenters. The molecule has 0 saturated heterocycles. The van der Waals surface area contributed by atoms with Crippen LogP contribution in [0.25, 0.3) is 10.8 Å². The fraction of sp³-hybridized carbons (Fsp3) is 0.353. The zero-order valence-electron chi connectivity index (χ0n) is 11.6. The number of carbonyl (C=O) groups excluding carboxylic acids is 1. The van der Waals surface area contributed by atoms with Gasteiger partial charge in [-0.1, -0.05) is 36.4 Å². The number of fused-ring (bicyclic) bond motifs is 1. The Morgan fingerprint density at radius 1 is 1.10 bits per heavy atom. The third-order valence-electron chi connectivity index (χ3n) is 3.72. The number of rotatable bonds is 6. The lowest BCUT2D eigenvalue weighted by molar-refractivity contribution is -0.120. The summed E-state index contributed by atoms with van der Waals surface area (Å²) >= 11 is 0. The molecule has 2 N–H and O–H groups in total. The lowest BCUT2D eigenvalue weighted by Gasteiger charge is -2.07. The molecule has 3 rings (SSSR count). The Kier molecular flexibility index (Phi) is 3.97. The summed E-state index contributed by atoms with van der Waals surface area (Å²) in [4.78, 5) is 11.7. The molecule has 0 aromatic heterocycles. The summed E-state index contributed by atoms with van der Waals surface area (Å²) in [6, 6.07) is 14.6. The lowest BCUT2D eigenvalue weighted by Crippen LogP contribution is -2.34. The zero-order valence-corrected chi connectivity index (χ0v) is 11.6. The molecular formula is C17H20N2O. The highest BCUT2D eigenvalue weighted by Gasteiger charge is 2.20. The van der Waals surface area contributed by atoms with E-state index in [0.717, 1.165) is 18.0 Å². The van der Waals surface area contributed by atoms with Crippen molar-refractivity contribution in [1.82, 2.24) is 10.6 Å². The van der Waals surface area contributed by atoms with E-state index in [9.17, 15) is 4.79 Å². The minimum atomic E-state index is 0.0683. The van der Waals surface area contributed by atoms with Crippen molar-refractivity contribution >= 4 is 16.7 Å². The third-order valence-corrected chi connectivity index (χ3v) is 3.72. The van der Waals surface area contributed by atoms with Crippen molar-refractivity contribution in [2.75, 3.05) is 13.1 Å². The minimum absolute atomic E-state index is 0.0683. The normalized spacial score (nSPS) is 14.4. The molecule has 1 saturated carbocycles. The zero-order chi connectivity index (χ0) is 13.8. The molecule has 1 amide bonds. The Hall–Kier alpha value is -1.87. The minimum Gasteiger partial charge on any atom is -0.351 e. The SMILES string of the molecule is O=C(CNCC1CC1)NCc1ccc2ccccc2c1. The van der Waals surface area contributed by atoms with Crippen LogP contribution in [0, 0.1) is 5.92 Å². The maximum atomic E-state index is 11.7. The van der Waals surface area contributed by atoms with Crippen molar-refractivity contribution in [3.05, 3.63) is 48.0 Å². The summed E-state index contributed by atoms with van der Waals surface area (Å²) < 4.78 is 0. The van der Waals surface area contributed by atoms with Crippen molar-refractivity contribution < 1.29 is 4.79 Å². The molecule has 0 atom stereocenters. The quantitative estimate of drug-likeness (QED) is 0.845. The number of hydrogen-bond acceptors (Lipinski definition) is 2. The van der Waals surface area contributed by atoms with E-state index in [1.54, 1.807) is 0 Å². The summed E-state index contributed by atoms with van der Waals surface area (Å²) in [6.07, 6.45) is 2.62. The third kappa shape index (κ3) is 3.58. The van der Waals surface area contributed by atoms with Crippen LogP contribution in [0.4, 0.5) is 0 Å². The monoisotopic (exact) mass is 268 g/mol. The number of nitrogens with one attached hydrogen (secondary N) is 2. The van der Waals surface area contributed by atoms with Crippen molar-refractivity contribution in [3.8, 4) is 0 Å². The Morgan fingerprint density at radius 2 is 1.90 bits per heavy atom. The predicted molar refractivity (Wildman–Crippen MR) is 81.4 cm³/mol. The van der Waals surface area contributed by atoms with Gasteiger partial charge in [-0.2, -0.15) is 0 Å². The topological polar surface area (TPSA) is 41.1 Å². The summed E-state index contributed by atoms with van der Waals surface area (Å²) in [6.45, 7) is 1.99. The van der Waals surface area contributed by atoms with E-state index in [2.05, 4.69) is 41.0 Å². The van der Waals surface area contributed by atoms with Crippen LogP contribution in [0.5, 0.6) is 0 Å². The molecule has 0 spiro atoms. The summed E-state index contributed by atoms with van der Waals surface area (Å²) in [5, 5.41) is 8.60. The Morgan fingerprint density at radius 3 is 2.70 bits per heavy atom. The average Bonchev–Trinajstić information content (AvgIpc) is 3.29. The molecule has 2 aromatic rings. The first-order valence-corrected chi connectivity index (χ1v) is 7.26. The number of benzene rings is 2. The molecule has 2 aromatic carbocycles. The molecule has 3 nitrogen and oxygen atoms in total. The van der Waals surface area contributed by atoms with E-state index in [0.29, 0.717) is 13.1 Å². The molecule has 0 radical (unpaired) electrons. The maximum Gasteiger partial charge on any atom is 0.234 e. The van der Waals surface area contributed by atoms with E-state index in [-0.39, 0.29) is 5.91 Å². The van der Waals surface area contributed by atoms with E-state index in [1.165, 1.54) is 23.6 Å². The second-order valence-electron chi connectivity index (χ2n) is 5.53. The van der Waals surface area contributed by atoms with Gasteiger partial charge in [0.25, 0.3) is 0 Å². The molecule has 0 heterocycles. The van der Waals surface area contributed by atoms with Crippen LogP contribution in [0.3, 0.4) is 0 Å². The van der Waals surface area contributed by atoms with Gasteiger partial charge < -0.3 is 10.6 Å². The molecule has 104 valence electrons. The van der Waals surface area contributed by atoms with E-state index in [1.807, 2.05) is 12.1 Å². The van der Waals surface area contributed by atoms with Crippen molar-refractivity contribution in [2.24, 2.45) is 5.92 Å². The van der Waals surface area contributed by atoms with Gasteiger partial charge in [0.1, 0.15) is 0 Å². The van der Waals surface area contributed by atoms with Gasteiger partial charge in [0.2, 0.25) is 5.91 Å². The van der Waals surface area contributed by atoms with Gasteiger partial charge in [-0.25, -0.2) is 0 Å². The first-order valence-electron chi connectivity index (χ1n) is 7.26. The molecule has 0 bridgehead atoms. The number of amides is 1. The molecule has 0 aliphatic heterocycles. The van der Waals surface area contributed by atoms with Crippen LogP contribution >= 0.6 is 0 Å². The average molecular weight is 268 g/mol. The lowest BCUT2D eigenvalue weighted by atomic mass is 10.1. The first kappa shape index (κ1) is 13.1. The summed E-state index contributed by atoms with van der Waals surface area (Å²) in [5.41, 5.74) is 1.14. The van der Waals surface area contributed by atoms with Crippen LogP contribution < -0.4 is 10.6 Å². The van der Waals surface area contributed by atoms with Gasteiger partial charge in [-0.3, -0.25) is 4.79 Å². The van der Waals surface area contributed by atoms with E-state index in [4.69, 9.17) is 0 Å². The standard InChI is InChI=1S/C17H20N2O/c20-17(12-18-10-13-5-6-13)19-11-14-7-8-15-3-1-2-4-16(15)9-14/h1-4,7-9,13,18H,5-6,10-12H2,(H,19,20). The van der Waals surface area contributed by atoms with E-state index < -0.39 is 0 Å². The largest absolute Gasteiger partial charge is 0.351 e. The fourth-order valence-corrected chi connectivity index (χ4v) is 2.32. The Bertz CT molecular complexity index is 605. The molecule has 1 aliphatic carbocycles. The van der Waals surface area contributed by atoms with Gasteiger partial charge in [-0.15, -0.1) is 0 Å². The molecule has 1 aliphatic rings. The highest BCUT2D eigenvalue weighted by atomic mass is 16.1. The highest BCUT2D eigenvalue weighted by molar-refractivity contribution is 5.83. The van der Waals surface area contributed by atoms with Crippen LogP contribution in [0.1, 0.15) is 18.4 Å². The van der Waals surface area contributed by atoms with Crippen molar-refractivity contribution in [2.45, 2.75) is 19.4 Å². The van der Waals surface area contributed by atoms with Crippen LogP contribution in [0.2, 0.25) is 0 Å². The van der Waals surface area contributed by atoms with Gasteiger partial charge in [-0.05, 0) is 47.7 Å². The molecule has 1 fully saturated rings. The summed E-state index contributed by atoms with van der Waals surface area (Å²) in [7, 11) is 0. The van der Waals surface area contributed by atoms with Crippen LogP contribution in [-0.2, 0) is 11.3 Å². The fourth-order valence-electron chi connectivity index (χ4n) is 2.32. The van der Waals surface area contributed by atoms with Gasteiger partial charge in [0.15, 0.2) is 0 Å². The van der Waals surface area contributed by atoms with Gasteiger partial charge in [0.05, 0.1) is 6.54 Å². The predicted octanol–water partition coefficient (Wildman–Crippen LogP) is 2.46. The van der Waals surface area contributed by atoms with Crippen LogP contribution in [0.15, 0.2) is 42.5 Å². The second-order valence-corrected chi connectivity index (χ2v) is 5.53. The Labute approximate surface area is 119 Å². The van der Waals surface area contributed by atoms with Crippen molar-refractivity contribution in [1.29, 1.82) is 0 Å². The molecular weight excluding hydrogens is 248 g/mol. The maximum absolute atomic E-state index is 11.7.